The standard InChI is InChI=1S/C20H22N6O4/c1-30-12-11-26-18(28)15-4-3-14(13-16(15)23-20(26)29)17(27)24-7-9-25(10-8-24)19-21-5-2-6-22-19/h2-6,13H,7-12H2,1H3,(H,23,29). The number of benzene rings is 1. The molecule has 1 aliphatic heterocycles. The van der Waals surface area contributed by atoms with Crippen molar-refractivity contribution in [3.05, 3.63) is 63.1 Å². The number of piperazine rings is 1. The molecule has 1 fully saturated rings. The van der Waals surface area contributed by atoms with Crippen LogP contribution in [0.4, 0.5) is 5.95 Å². The predicted molar refractivity (Wildman–Crippen MR) is 111 cm³/mol. The van der Waals surface area contributed by atoms with Gasteiger partial charge in [0.2, 0.25) is 5.95 Å². The van der Waals surface area contributed by atoms with Gasteiger partial charge in [0, 0.05) is 51.2 Å². The molecule has 1 amide bonds. The lowest BCUT2D eigenvalue weighted by molar-refractivity contribution is 0.0746. The van der Waals surface area contributed by atoms with Crippen LogP contribution in [-0.2, 0) is 11.3 Å². The highest BCUT2D eigenvalue weighted by Crippen LogP contribution is 2.15. The number of aromatic amines is 1. The minimum atomic E-state index is -0.523. The maximum atomic E-state index is 12.9. The largest absolute Gasteiger partial charge is 0.383 e. The average molecular weight is 410 g/mol. The summed E-state index contributed by atoms with van der Waals surface area (Å²) in [6.45, 7) is 2.74. The van der Waals surface area contributed by atoms with Crippen molar-refractivity contribution in [2.24, 2.45) is 0 Å². The van der Waals surface area contributed by atoms with E-state index in [2.05, 4.69) is 15.0 Å². The van der Waals surface area contributed by atoms with Gasteiger partial charge < -0.3 is 19.5 Å². The van der Waals surface area contributed by atoms with Crippen molar-refractivity contribution in [1.29, 1.82) is 0 Å². The van der Waals surface area contributed by atoms with E-state index in [1.807, 2.05) is 4.90 Å². The van der Waals surface area contributed by atoms with Crippen molar-refractivity contribution in [2.45, 2.75) is 6.54 Å². The Hall–Kier alpha value is -3.53. The van der Waals surface area contributed by atoms with Crippen LogP contribution in [-0.4, -0.2) is 70.2 Å². The summed E-state index contributed by atoms with van der Waals surface area (Å²) < 4.78 is 6.04. The van der Waals surface area contributed by atoms with Crippen molar-refractivity contribution in [3.63, 3.8) is 0 Å². The summed E-state index contributed by atoms with van der Waals surface area (Å²) in [4.78, 5) is 52.7. The third-order valence-corrected chi connectivity index (χ3v) is 5.15. The molecule has 4 rings (SSSR count). The van der Waals surface area contributed by atoms with Crippen LogP contribution < -0.4 is 16.1 Å². The molecule has 3 heterocycles. The molecule has 1 saturated heterocycles. The van der Waals surface area contributed by atoms with Crippen LogP contribution in [0.3, 0.4) is 0 Å². The fraction of sp³-hybridized carbons (Fsp3) is 0.350. The Kier molecular flexibility index (Phi) is 5.57. The van der Waals surface area contributed by atoms with E-state index in [0.29, 0.717) is 48.6 Å². The third-order valence-electron chi connectivity index (χ3n) is 5.15. The first-order valence-electron chi connectivity index (χ1n) is 9.65. The highest BCUT2D eigenvalue weighted by atomic mass is 16.5. The maximum absolute atomic E-state index is 12.9. The van der Waals surface area contributed by atoms with Crippen LogP contribution in [0.5, 0.6) is 0 Å². The Bertz CT molecular complexity index is 1170. The molecule has 156 valence electrons. The average Bonchev–Trinajstić information content (AvgIpc) is 2.79. The van der Waals surface area contributed by atoms with Crippen LogP contribution in [0.25, 0.3) is 10.9 Å². The summed E-state index contributed by atoms with van der Waals surface area (Å²) in [5, 5.41) is 0.355. The summed E-state index contributed by atoms with van der Waals surface area (Å²) in [6.07, 6.45) is 3.39. The molecule has 1 aromatic carbocycles. The lowest BCUT2D eigenvalue weighted by Gasteiger charge is -2.34. The molecule has 1 N–H and O–H groups in total. The second-order valence-electron chi connectivity index (χ2n) is 6.97. The van der Waals surface area contributed by atoms with Crippen LogP contribution >= 0.6 is 0 Å². The zero-order valence-corrected chi connectivity index (χ0v) is 16.6. The predicted octanol–water partition coefficient (Wildman–Crippen LogP) is 0.0886. The Morgan fingerprint density at radius 1 is 1.13 bits per heavy atom. The van der Waals surface area contributed by atoms with Crippen molar-refractivity contribution in [2.75, 3.05) is 44.8 Å². The zero-order chi connectivity index (χ0) is 21.1. The van der Waals surface area contributed by atoms with Crippen LogP contribution in [0.1, 0.15) is 10.4 Å². The van der Waals surface area contributed by atoms with Gasteiger partial charge in [-0.3, -0.25) is 14.2 Å². The zero-order valence-electron chi connectivity index (χ0n) is 16.6. The van der Waals surface area contributed by atoms with Crippen LogP contribution in [0.15, 0.2) is 46.2 Å². The second-order valence-corrected chi connectivity index (χ2v) is 6.97. The normalized spacial score (nSPS) is 14.3. The Morgan fingerprint density at radius 2 is 1.87 bits per heavy atom. The molecule has 0 saturated carbocycles. The Balaban J connectivity index is 1.53. The first-order valence-corrected chi connectivity index (χ1v) is 9.65. The number of amides is 1. The number of hydrogen-bond donors (Lipinski definition) is 1. The monoisotopic (exact) mass is 410 g/mol. The van der Waals surface area contributed by atoms with E-state index in [0.717, 1.165) is 4.57 Å². The molecule has 0 spiro atoms. The second kappa shape index (κ2) is 8.46. The molecule has 0 radical (unpaired) electrons. The first-order chi connectivity index (χ1) is 14.6. The highest BCUT2D eigenvalue weighted by Gasteiger charge is 2.23. The van der Waals surface area contributed by atoms with Gasteiger partial charge in [0.1, 0.15) is 0 Å². The lowest BCUT2D eigenvalue weighted by atomic mass is 10.1. The molecule has 30 heavy (non-hydrogen) atoms. The van der Waals surface area contributed by atoms with Gasteiger partial charge >= 0.3 is 5.69 Å². The number of nitrogens with zero attached hydrogens (tertiary/aromatic N) is 5. The van der Waals surface area contributed by atoms with Gasteiger partial charge in [0.15, 0.2) is 0 Å². The summed E-state index contributed by atoms with van der Waals surface area (Å²) in [7, 11) is 1.50. The Labute approximate surface area is 171 Å². The number of carbonyl (C=O) groups excluding carboxylic acids is 1. The summed E-state index contributed by atoms with van der Waals surface area (Å²) in [5.41, 5.74) is -0.149. The van der Waals surface area contributed by atoms with E-state index < -0.39 is 11.2 Å². The van der Waals surface area contributed by atoms with Crippen LogP contribution in [0, 0.1) is 0 Å². The number of hydrogen-bond acceptors (Lipinski definition) is 7. The quantitative estimate of drug-likeness (QED) is 0.634. The molecule has 0 aliphatic carbocycles. The molecular weight excluding hydrogens is 388 g/mol. The molecule has 0 atom stereocenters. The van der Waals surface area contributed by atoms with Gasteiger partial charge in [0.25, 0.3) is 11.5 Å². The third kappa shape index (κ3) is 3.81. The van der Waals surface area contributed by atoms with Gasteiger partial charge in [-0.15, -0.1) is 0 Å². The van der Waals surface area contributed by atoms with Gasteiger partial charge in [0.05, 0.1) is 24.1 Å². The number of fused-ring (bicyclic) bond motifs is 1. The molecule has 0 bridgehead atoms. The number of methoxy groups -OCH3 is 1. The maximum Gasteiger partial charge on any atom is 0.328 e. The van der Waals surface area contributed by atoms with Gasteiger partial charge in [-0.2, -0.15) is 0 Å². The number of nitrogens with one attached hydrogen (secondary N) is 1. The number of rotatable bonds is 5. The molecule has 10 heteroatoms. The molecule has 2 aromatic heterocycles. The van der Waals surface area contributed by atoms with E-state index in [-0.39, 0.29) is 19.1 Å². The molecule has 3 aromatic rings. The van der Waals surface area contributed by atoms with Crippen LogP contribution in [0.2, 0.25) is 0 Å². The van der Waals surface area contributed by atoms with E-state index in [4.69, 9.17) is 4.74 Å². The molecular formula is C20H22N6O4. The number of carbonyl (C=O) groups is 1. The molecule has 1 aliphatic rings. The number of aromatic nitrogens is 4. The lowest BCUT2D eigenvalue weighted by Crippen LogP contribution is -2.49. The van der Waals surface area contributed by atoms with Gasteiger partial charge in [-0.25, -0.2) is 14.8 Å². The summed E-state index contributed by atoms with van der Waals surface area (Å²) >= 11 is 0. The number of anilines is 1. The van der Waals surface area contributed by atoms with E-state index in [1.165, 1.54) is 7.11 Å². The van der Waals surface area contributed by atoms with Gasteiger partial charge in [-0.1, -0.05) is 0 Å². The van der Waals surface area contributed by atoms with Gasteiger partial charge in [-0.05, 0) is 24.3 Å². The summed E-state index contributed by atoms with van der Waals surface area (Å²) in [5.74, 6) is 0.507. The minimum absolute atomic E-state index is 0.144. The van der Waals surface area contributed by atoms with Crippen molar-refractivity contribution in [3.8, 4) is 0 Å². The van der Waals surface area contributed by atoms with Crippen molar-refractivity contribution >= 4 is 22.8 Å². The number of H-pyrrole nitrogens is 1. The van der Waals surface area contributed by atoms with Crippen molar-refractivity contribution < 1.29 is 9.53 Å². The Morgan fingerprint density at radius 3 is 2.57 bits per heavy atom. The van der Waals surface area contributed by atoms with E-state index in [9.17, 15) is 14.4 Å². The first kappa shape index (κ1) is 19.8. The SMILES string of the molecule is COCCn1c(=O)[nH]c2cc(C(=O)N3CCN(c4ncccn4)CC3)ccc2c1=O. The number of ether oxygens (including phenoxy) is 1. The fourth-order valence-corrected chi connectivity index (χ4v) is 3.52. The molecule has 0 unspecified atom stereocenters. The minimum Gasteiger partial charge on any atom is -0.383 e. The molecule has 10 nitrogen and oxygen atoms in total. The highest BCUT2D eigenvalue weighted by molar-refractivity contribution is 5.97. The summed E-state index contributed by atoms with van der Waals surface area (Å²) in [6, 6.07) is 6.53. The van der Waals surface area contributed by atoms with E-state index in [1.54, 1.807) is 41.6 Å². The van der Waals surface area contributed by atoms with Crippen molar-refractivity contribution in [1.82, 2.24) is 24.4 Å². The fourth-order valence-electron chi connectivity index (χ4n) is 3.52. The topological polar surface area (TPSA) is 113 Å². The van der Waals surface area contributed by atoms with E-state index >= 15 is 0 Å². The smallest absolute Gasteiger partial charge is 0.328 e.